The Morgan fingerprint density at radius 3 is 2.88 bits per heavy atom. The fourth-order valence-corrected chi connectivity index (χ4v) is 1.25. The fourth-order valence-electron chi connectivity index (χ4n) is 1.25. The molecule has 0 aliphatic rings. The van der Waals surface area contributed by atoms with Crippen molar-refractivity contribution in [3.63, 3.8) is 0 Å². The van der Waals surface area contributed by atoms with Crippen LogP contribution in [0.25, 0.3) is 0 Å². The van der Waals surface area contributed by atoms with Crippen molar-refractivity contribution in [1.82, 2.24) is 4.98 Å². The zero-order valence-electron chi connectivity index (χ0n) is 9.87. The Morgan fingerprint density at radius 2 is 2.31 bits per heavy atom. The third-order valence-electron chi connectivity index (χ3n) is 2.24. The molecule has 1 unspecified atom stereocenters. The van der Waals surface area contributed by atoms with Crippen molar-refractivity contribution < 1.29 is 4.74 Å². The molecule has 0 saturated carbocycles. The van der Waals surface area contributed by atoms with E-state index in [0.29, 0.717) is 17.9 Å². The maximum absolute atomic E-state index is 7.38. The number of nitrogens with zero attached hydrogens (tertiary/aromatic N) is 1. The van der Waals surface area contributed by atoms with Crippen LogP contribution in [0.15, 0.2) is 12.1 Å². The first-order valence-electron chi connectivity index (χ1n) is 5.12. The van der Waals surface area contributed by atoms with Gasteiger partial charge in [0, 0.05) is 24.9 Å². The fraction of sp³-hybridized carbons (Fsp3) is 0.455. The molecule has 0 bridgehead atoms. The van der Waals surface area contributed by atoms with E-state index in [2.05, 4.69) is 10.3 Å². The quantitative estimate of drug-likeness (QED) is 0.515. The van der Waals surface area contributed by atoms with Crippen LogP contribution in [0.4, 0.5) is 5.82 Å². The van der Waals surface area contributed by atoms with Crippen LogP contribution >= 0.6 is 0 Å². The van der Waals surface area contributed by atoms with Crippen molar-refractivity contribution in [2.45, 2.75) is 20.0 Å². The third-order valence-corrected chi connectivity index (χ3v) is 2.24. The Morgan fingerprint density at radius 1 is 1.62 bits per heavy atom. The molecule has 1 heterocycles. The highest BCUT2D eigenvalue weighted by molar-refractivity contribution is 5.95. The number of hydrogen-bond donors (Lipinski definition) is 3. The summed E-state index contributed by atoms with van der Waals surface area (Å²) < 4.78 is 5.12. The predicted molar refractivity (Wildman–Crippen MR) is 65.0 cm³/mol. The maximum Gasteiger partial charge on any atom is 0.127 e. The summed E-state index contributed by atoms with van der Waals surface area (Å²) in [4.78, 5) is 4.30. The molecule has 0 radical (unpaired) electrons. The number of nitrogens with one attached hydrogen (secondary N) is 2. The number of ether oxygens (including phenoxy) is 1. The van der Waals surface area contributed by atoms with Crippen LogP contribution in [0.3, 0.4) is 0 Å². The molecule has 1 atom stereocenters. The molecule has 0 amide bonds. The van der Waals surface area contributed by atoms with Crippen molar-refractivity contribution in [2.75, 3.05) is 19.0 Å². The van der Waals surface area contributed by atoms with E-state index in [1.165, 1.54) is 0 Å². The molecule has 0 saturated heterocycles. The number of nitrogen functional groups attached to an aromatic ring is 1. The van der Waals surface area contributed by atoms with E-state index >= 15 is 0 Å². The molecule has 16 heavy (non-hydrogen) atoms. The second-order valence-corrected chi connectivity index (χ2v) is 3.72. The van der Waals surface area contributed by atoms with Crippen molar-refractivity contribution in [3.05, 3.63) is 23.4 Å². The highest BCUT2D eigenvalue weighted by Crippen LogP contribution is 2.09. The molecule has 0 fully saturated rings. The molecule has 0 aliphatic carbocycles. The molecule has 0 aromatic carbocycles. The Balaban J connectivity index is 2.76. The summed E-state index contributed by atoms with van der Waals surface area (Å²) in [5, 5.41) is 10.5. The monoisotopic (exact) mass is 222 g/mol. The van der Waals surface area contributed by atoms with Gasteiger partial charge >= 0.3 is 0 Å². The van der Waals surface area contributed by atoms with Gasteiger partial charge in [-0.25, -0.2) is 4.98 Å². The Labute approximate surface area is 95.5 Å². The van der Waals surface area contributed by atoms with Crippen LogP contribution in [0.5, 0.6) is 0 Å². The SMILES string of the molecule is COC(C)CNc1cc(C(=N)N)cc(C)n1. The Bertz CT molecular complexity index is 378. The van der Waals surface area contributed by atoms with Crippen LogP contribution in [0.2, 0.25) is 0 Å². The molecule has 1 rings (SSSR count). The molecule has 5 heteroatoms. The highest BCUT2D eigenvalue weighted by Gasteiger charge is 2.04. The topological polar surface area (TPSA) is 84.0 Å². The molecule has 4 N–H and O–H groups in total. The van der Waals surface area contributed by atoms with Crippen molar-refractivity contribution in [2.24, 2.45) is 5.73 Å². The van der Waals surface area contributed by atoms with E-state index in [0.717, 1.165) is 5.69 Å². The van der Waals surface area contributed by atoms with Gasteiger partial charge in [-0.15, -0.1) is 0 Å². The van der Waals surface area contributed by atoms with Gasteiger partial charge in [0.05, 0.1) is 6.10 Å². The molecule has 1 aromatic rings. The number of aromatic nitrogens is 1. The van der Waals surface area contributed by atoms with E-state index < -0.39 is 0 Å². The van der Waals surface area contributed by atoms with Crippen LogP contribution in [-0.2, 0) is 4.74 Å². The van der Waals surface area contributed by atoms with Crippen LogP contribution in [0, 0.1) is 12.3 Å². The molecule has 0 aliphatic heterocycles. The maximum atomic E-state index is 7.38. The first kappa shape index (κ1) is 12.4. The summed E-state index contributed by atoms with van der Waals surface area (Å²) in [5.74, 6) is 0.766. The highest BCUT2D eigenvalue weighted by atomic mass is 16.5. The van der Waals surface area contributed by atoms with Gasteiger partial charge in [-0.05, 0) is 26.0 Å². The number of nitrogens with two attached hydrogens (primary N) is 1. The van der Waals surface area contributed by atoms with E-state index in [1.807, 2.05) is 13.8 Å². The minimum atomic E-state index is 0.0494. The lowest BCUT2D eigenvalue weighted by Crippen LogP contribution is -2.19. The molecule has 1 aromatic heterocycles. The van der Waals surface area contributed by atoms with Crippen molar-refractivity contribution >= 4 is 11.7 Å². The van der Waals surface area contributed by atoms with Gasteiger partial charge in [0.2, 0.25) is 0 Å². The van der Waals surface area contributed by atoms with Crippen LogP contribution < -0.4 is 11.1 Å². The zero-order valence-corrected chi connectivity index (χ0v) is 9.87. The number of aryl methyl sites for hydroxylation is 1. The van der Waals surface area contributed by atoms with Gasteiger partial charge in [0.1, 0.15) is 11.7 Å². The smallest absolute Gasteiger partial charge is 0.127 e. The lowest BCUT2D eigenvalue weighted by Gasteiger charge is -2.12. The summed E-state index contributed by atoms with van der Waals surface area (Å²) in [6.45, 7) is 4.51. The molecule has 5 nitrogen and oxygen atoms in total. The van der Waals surface area contributed by atoms with Gasteiger partial charge in [-0.1, -0.05) is 0 Å². The first-order chi connectivity index (χ1) is 7.52. The van der Waals surface area contributed by atoms with E-state index in [9.17, 15) is 0 Å². The van der Waals surface area contributed by atoms with Gasteiger partial charge in [0.25, 0.3) is 0 Å². The molecular formula is C11H18N4O. The summed E-state index contributed by atoms with van der Waals surface area (Å²) in [6, 6.07) is 3.55. The average molecular weight is 222 g/mol. The Kier molecular flexibility index (Phi) is 4.25. The third kappa shape index (κ3) is 3.51. The largest absolute Gasteiger partial charge is 0.384 e. The lowest BCUT2D eigenvalue weighted by molar-refractivity contribution is 0.128. The number of rotatable bonds is 5. The van der Waals surface area contributed by atoms with Crippen molar-refractivity contribution in [1.29, 1.82) is 5.41 Å². The summed E-state index contributed by atoms with van der Waals surface area (Å²) in [5.41, 5.74) is 6.95. The average Bonchev–Trinajstić information content (AvgIpc) is 2.25. The van der Waals surface area contributed by atoms with Gasteiger partial charge in [0.15, 0.2) is 0 Å². The summed E-state index contributed by atoms with van der Waals surface area (Å²) in [7, 11) is 1.66. The summed E-state index contributed by atoms with van der Waals surface area (Å²) >= 11 is 0. The number of methoxy groups -OCH3 is 1. The number of hydrogen-bond acceptors (Lipinski definition) is 4. The van der Waals surface area contributed by atoms with E-state index in [-0.39, 0.29) is 11.9 Å². The van der Waals surface area contributed by atoms with Gasteiger partial charge in [-0.3, -0.25) is 5.41 Å². The second kappa shape index (κ2) is 5.46. The van der Waals surface area contributed by atoms with E-state index in [4.69, 9.17) is 15.9 Å². The van der Waals surface area contributed by atoms with Gasteiger partial charge in [-0.2, -0.15) is 0 Å². The standard InChI is InChI=1S/C11H18N4O/c1-7-4-9(11(12)13)5-10(15-7)14-6-8(2)16-3/h4-5,8H,6H2,1-3H3,(H3,12,13)(H,14,15). The van der Waals surface area contributed by atoms with Gasteiger partial charge < -0.3 is 15.8 Å². The lowest BCUT2D eigenvalue weighted by atomic mass is 10.2. The predicted octanol–water partition coefficient (Wildman–Crippen LogP) is 1.12. The van der Waals surface area contributed by atoms with Crippen LogP contribution in [0.1, 0.15) is 18.2 Å². The molecule has 88 valence electrons. The van der Waals surface area contributed by atoms with Crippen molar-refractivity contribution in [3.8, 4) is 0 Å². The second-order valence-electron chi connectivity index (χ2n) is 3.72. The first-order valence-corrected chi connectivity index (χ1v) is 5.12. The van der Waals surface area contributed by atoms with Crippen LogP contribution in [-0.4, -0.2) is 30.6 Å². The molecular weight excluding hydrogens is 204 g/mol. The minimum absolute atomic E-state index is 0.0494. The minimum Gasteiger partial charge on any atom is -0.384 e. The Hall–Kier alpha value is -1.62. The summed E-state index contributed by atoms with van der Waals surface area (Å²) in [6.07, 6.45) is 0.114. The van der Waals surface area contributed by atoms with E-state index in [1.54, 1.807) is 19.2 Å². The molecule has 0 spiro atoms. The zero-order chi connectivity index (χ0) is 12.1. The number of amidine groups is 1. The number of pyridine rings is 1. The normalized spacial score (nSPS) is 12.2. The number of anilines is 1.